The first kappa shape index (κ1) is 13.8. The van der Waals surface area contributed by atoms with Gasteiger partial charge in [0.15, 0.2) is 0 Å². The summed E-state index contributed by atoms with van der Waals surface area (Å²) in [5.74, 6) is 0. The van der Waals surface area contributed by atoms with Gasteiger partial charge in [-0.1, -0.05) is 18.2 Å². The van der Waals surface area contributed by atoms with Crippen molar-refractivity contribution in [3.8, 4) is 0 Å². The fourth-order valence-electron chi connectivity index (χ4n) is 1.83. The first-order valence-corrected chi connectivity index (χ1v) is 6.03. The molecule has 1 atom stereocenters. The van der Waals surface area contributed by atoms with Crippen LogP contribution in [0.5, 0.6) is 0 Å². The third-order valence-electron chi connectivity index (χ3n) is 2.81. The van der Waals surface area contributed by atoms with Crippen molar-refractivity contribution in [3.05, 3.63) is 42.5 Å². The molecule has 94 valence electrons. The summed E-state index contributed by atoms with van der Waals surface area (Å²) >= 11 is 0. The third kappa shape index (κ3) is 3.60. The summed E-state index contributed by atoms with van der Waals surface area (Å²) in [5.41, 5.74) is 2.16. The molecule has 0 spiro atoms. The van der Waals surface area contributed by atoms with Gasteiger partial charge in [-0.25, -0.2) is 0 Å². The second-order valence-electron chi connectivity index (χ2n) is 5.34. The van der Waals surface area contributed by atoms with Crippen molar-refractivity contribution in [1.29, 1.82) is 0 Å². The van der Waals surface area contributed by atoms with E-state index in [9.17, 15) is 5.11 Å². The number of anilines is 1. The minimum atomic E-state index is -0.411. The van der Waals surface area contributed by atoms with Crippen LogP contribution in [0, 0.1) is 0 Å². The molecular weight excluding hydrogens is 210 g/mol. The number of rotatable bonds is 4. The molecule has 0 heterocycles. The van der Waals surface area contributed by atoms with Gasteiger partial charge in [0.25, 0.3) is 0 Å². The Kier molecular flexibility index (Phi) is 4.35. The predicted octanol–water partition coefficient (Wildman–Crippen LogP) is 3.53. The van der Waals surface area contributed by atoms with E-state index >= 15 is 0 Å². The maximum absolute atomic E-state index is 9.49. The van der Waals surface area contributed by atoms with Gasteiger partial charge in [0, 0.05) is 17.8 Å². The molecule has 1 rings (SSSR count). The van der Waals surface area contributed by atoms with E-state index < -0.39 is 6.10 Å². The van der Waals surface area contributed by atoms with Gasteiger partial charge in [-0.2, -0.15) is 0 Å². The number of aliphatic hydroxyl groups is 1. The Morgan fingerprint density at radius 3 is 2.18 bits per heavy atom. The lowest BCUT2D eigenvalue weighted by atomic mass is 10.0. The molecule has 1 N–H and O–H groups in total. The molecule has 0 fully saturated rings. The maximum Gasteiger partial charge on any atom is 0.0761 e. The zero-order valence-corrected chi connectivity index (χ0v) is 11.3. The highest BCUT2D eigenvalue weighted by atomic mass is 16.3. The summed E-state index contributed by atoms with van der Waals surface area (Å²) in [7, 11) is 0. The van der Waals surface area contributed by atoms with Crippen LogP contribution < -0.4 is 4.90 Å². The van der Waals surface area contributed by atoms with E-state index in [0.717, 1.165) is 17.8 Å². The van der Waals surface area contributed by atoms with Crippen molar-refractivity contribution in [3.63, 3.8) is 0 Å². The van der Waals surface area contributed by atoms with E-state index in [4.69, 9.17) is 0 Å². The van der Waals surface area contributed by atoms with Gasteiger partial charge in [-0.15, -0.1) is 6.58 Å². The lowest BCUT2D eigenvalue weighted by Gasteiger charge is -2.37. The molecule has 0 saturated carbocycles. The molecule has 0 radical (unpaired) electrons. The van der Waals surface area contributed by atoms with E-state index in [1.807, 2.05) is 18.2 Å². The van der Waals surface area contributed by atoms with Crippen molar-refractivity contribution in [2.45, 2.75) is 39.3 Å². The number of aliphatic hydroxyl groups excluding tert-OH is 1. The van der Waals surface area contributed by atoms with Gasteiger partial charge in [0.2, 0.25) is 0 Å². The van der Waals surface area contributed by atoms with Gasteiger partial charge in [0.05, 0.1) is 6.10 Å². The predicted molar refractivity (Wildman–Crippen MR) is 74.4 cm³/mol. The molecule has 0 aliphatic rings. The smallest absolute Gasteiger partial charge is 0.0761 e. The summed E-state index contributed by atoms with van der Waals surface area (Å²) in [4.78, 5) is 2.28. The van der Waals surface area contributed by atoms with Gasteiger partial charge >= 0.3 is 0 Å². The highest BCUT2D eigenvalue weighted by molar-refractivity contribution is 5.50. The van der Waals surface area contributed by atoms with Crippen LogP contribution in [0.2, 0.25) is 0 Å². The average Bonchev–Trinajstić information content (AvgIpc) is 2.24. The standard InChI is InChI=1S/C15H23NO/c1-6-11-16(15(3,4)5)14-9-7-13(8-10-14)12(2)17/h6-10,12,17H,1,11H2,2-5H3/t12-/m0/s1. The molecule has 0 aliphatic carbocycles. The second kappa shape index (κ2) is 5.37. The van der Waals surface area contributed by atoms with Crippen LogP contribution >= 0.6 is 0 Å². The Bertz CT molecular complexity index is 360. The highest BCUT2D eigenvalue weighted by Gasteiger charge is 2.20. The molecule has 1 aromatic carbocycles. The van der Waals surface area contributed by atoms with E-state index in [1.54, 1.807) is 6.92 Å². The summed E-state index contributed by atoms with van der Waals surface area (Å²) in [6, 6.07) is 8.05. The van der Waals surface area contributed by atoms with Crippen LogP contribution in [0.3, 0.4) is 0 Å². The normalized spacial score (nSPS) is 13.2. The largest absolute Gasteiger partial charge is 0.389 e. The molecule has 1 aromatic rings. The summed E-state index contributed by atoms with van der Waals surface area (Å²) < 4.78 is 0. The Morgan fingerprint density at radius 1 is 1.29 bits per heavy atom. The summed E-state index contributed by atoms with van der Waals surface area (Å²) in [5, 5.41) is 9.49. The first-order valence-electron chi connectivity index (χ1n) is 6.03. The minimum absolute atomic E-state index is 0.0561. The molecular formula is C15H23NO. The number of benzene rings is 1. The molecule has 0 aliphatic heterocycles. The lowest BCUT2D eigenvalue weighted by Crippen LogP contribution is -2.41. The van der Waals surface area contributed by atoms with Crippen molar-refractivity contribution in [2.24, 2.45) is 0 Å². The van der Waals surface area contributed by atoms with E-state index in [-0.39, 0.29) is 5.54 Å². The zero-order valence-electron chi connectivity index (χ0n) is 11.3. The van der Waals surface area contributed by atoms with E-state index in [1.165, 1.54) is 0 Å². The fourth-order valence-corrected chi connectivity index (χ4v) is 1.83. The van der Waals surface area contributed by atoms with E-state index in [0.29, 0.717) is 0 Å². The molecule has 2 nitrogen and oxygen atoms in total. The number of hydrogen-bond acceptors (Lipinski definition) is 2. The van der Waals surface area contributed by atoms with Crippen LogP contribution in [0.25, 0.3) is 0 Å². The summed E-state index contributed by atoms with van der Waals surface area (Å²) in [6.07, 6.45) is 1.50. The first-order chi connectivity index (χ1) is 7.86. The Balaban J connectivity index is 2.99. The third-order valence-corrected chi connectivity index (χ3v) is 2.81. The van der Waals surface area contributed by atoms with Gasteiger partial charge < -0.3 is 10.0 Å². The minimum Gasteiger partial charge on any atom is -0.389 e. The quantitative estimate of drug-likeness (QED) is 0.804. The monoisotopic (exact) mass is 233 g/mol. The van der Waals surface area contributed by atoms with Crippen LogP contribution in [0.1, 0.15) is 39.4 Å². The van der Waals surface area contributed by atoms with E-state index in [2.05, 4.69) is 44.4 Å². The topological polar surface area (TPSA) is 23.5 Å². The van der Waals surface area contributed by atoms with Crippen molar-refractivity contribution < 1.29 is 5.11 Å². The molecule has 0 unspecified atom stereocenters. The van der Waals surface area contributed by atoms with Crippen LogP contribution in [-0.4, -0.2) is 17.2 Å². The highest BCUT2D eigenvalue weighted by Crippen LogP contribution is 2.25. The fraction of sp³-hybridized carbons (Fsp3) is 0.467. The van der Waals surface area contributed by atoms with Crippen LogP contribution in [-0.2, 0) is 0 Å². The number of nitrogens with zero attached hydrogens (tertiary/aromatic N) is 1. The zero-order chi connectivity index (χ0) is 13.1. The van der Waals surface area contributed by atoms with Crippen LogP contribution in [0.4, 0.5) is 5.69 Å². The molecule has 0 saturated heterocycles. The molecule has 17 heavy (non-hydrogen) atoms. The maximum atomic E-state index is 9.49. The Hall–Kier alpha value is -1.28. The lowest BCUT2D eigenvalue weighted by molar-refractivity contribution is 0.199. The van der Waals surface area contributed by atoms with Crippen molar-refractivity contribution in [2.75, 3.05) is 11.4 Å². The van der Waals surface area contributed by atoms with Gasteiger partial charge in [-0.3, -0.25) is 0 Å². The molecule has 0 bridgehead atoms. The molecule has 2 heteroatoms. The Morgan fingerprint density at radius 2 is 1.82 bits per heavy atom. The van der Waals surface area contributed by atoms with Crippen molar-refractivity contribution >= 4 is 5.69 Å². The summed E-state index contributed by atoms with van der Waals surface area (Å²) in [6.45, 7) is 12.9. The second-order valence-corrected chi connectivity index (χ2v) is 5.34. The number of hydrogen-bond donors (Lipinski definition) is 1. The van der Waals surface area contributed by atoms with Crippen LogP contribution in [0.15, 0.2) is 36.9 Å². The van der Waals surface area contributed by atoms with Gasteiger partial charge in [0.1, 0.15) is 0 Å². The van der Waals surface area contributed by atoms with Gasteiger partial charge in [-0.05, 0) is 45.4 Å². The Labute approximate surface area is 105 Å². The molecule has 0 aromatic heterocycles. The SMILES string of the molecule is C=CCN(c1ccc([C@H](C)O)cc1)C(C)(C)C. The average molecular weight is 233 g/mol. The molecule has 0 amide bonds. The van der Waals surface area contributed by atoms with Crippen molar-refractivity contribution in [1.82, 2.24) is 0 Å².